The lowest BCUT2D eigenvalue weighted by Gasteiger charge is -2.37. The first-order chi connectivity index (χ1) is 30.3. The van der Waals surface area contributed by atoms with Crippen LogP contribution >= 0.6 is 12.4 Å². The number of carbonyl (C=O) groups is 2. The number of anilines is 4. The molecule has 2 saturated heterocycles. The first-order valence-electron chi connectivity index (χ1n) is 22.0. The van der Waals surface area contributed by atoms with E-state index in [1.54, 1.807) is 7.11 Å². The Kier molecular flexibility index (Phi) is 20.6. The van der Waals surface area contributed by atoms with Crippen LogP contribution in [-0.2, 0) is 27.1 Å². The van der Waals surface area contributed by atoms with Gasteiger partial charge in [0.2, 0.25) is 0 Å². The topological polar surface area (TPSA) is 183 Å². The van der Waals surface area contributed by atoms with Crippen LogP contribution in [0.4, 0.5) is 32.6 Å². The summed E-state index contributed by atoms with van der Waals surface area (Å²) >= 11 is 0. The minimum atomic E-state index is -0.213. The van der Waals surface area contributed by atoms with E-state index >= 15 is 0 Å². The monoisotopic (exact) mass is 919 g/mol. The first kappa shape index (κ1) is 52.5. The summed E-state index contributed by atoms with van der Waals surface area (Å²) < 4.78 is 16.4. The Hall–Kier alpha value is -5.17. The Morgan fingerprint density at radius 1 is 0.692 bits per heavy atom. The van der Waals surface area contributed by atoms with Gasteiger partial charge in [-0.3, -0.25) is 4.90 Å². The van der Waals surface area contributed by atoms with Gasteiger partial charge >= 0.3 is 12.1 Å². The molecule has 4 aromatic rings. The van der Waals surface area contributed by atoms with Gasteiger partial charge in [0.1, 0.15) is 11.6 Å². The summed E-state index contributed by atoms with van der Waals surface area (Å²) in [7, 11) is 1.74. The van der Waals surface area contributed by atoms with Gasteiger partial charge in [-0.05, 0) is 95.6 Å². The molecule has 2 unspecified atom stereocenters. The van der Waals surface area contributed by atoms with Gasteiger partial charge in [0, 0.05) is 105 Å². The molecule has 6 heterocycles. The first-order valence-corrected chi connectivity index (χ1v) is 22.0. The number of ether oxygens (including phenoxy) is 3. The van der Waals surface area contributed by atoms with Crippen LogP contribution in [0.15, 0.2) is 48.5 Å². The van der Waals surface area contributed by atoms with Gasteiger partial charge < -0.3 is 50.6 Å². The van der Waals surface area contributed by atoms with Gasteiger partial charge in [-0.25, -0.2) is 29.5 Å². The third-order valence-electron chi connectivity index (χ3n) is 11.5. The number of halogens is 1. The van der Waals surface area contributed by atoms with E-state index in [1.165, 1.54) is 11.1 Å². The molecular formula is C47H71ClN12O5. The van der Waals surface area contributed by atoms with Crippen molar-refractivity contribution in [3.8, 4) is 22.8 Å². The molecule has 2 atom stereocenters. The fourth-order valence-electron chi connectivity index (χ4n) is 8.22. The van der Waals surface area contributed by atoms with Crippen molar-refractivity contribution in [3.63, 3.8) is 0 Å². The molecule has 2 aromatic carbocycles. The molecule has 4 amide bonds. The predicted octanol–water partition coefficient (Wildman–Crippen LogP) is 6.71. The van der Waals surface area contributed by atoms with Crippen molar-refractivity contribution in [3.05, 3.63) is 71.0 Å². The maximum absolute atomic E-state index is 11.8. The second-order valence-electron chi connectivity index (χ2n) is 15.7. The molecule has 4 aliphatic heterocycles. The van der Waals surface area contributed by atoms with Crippen LogP contribution in [0.25, 0.3) is 22.8 Å². The van der Waals surface area contributed by atoms with Crippen molar-refractivity contribution in [1.82, 2.24) is 40.8 Å². The summed E-state index contributed by atoms with van der Waals surface area (Å²) in [5, 5.41) is 14.6. The smallest absolute Gasteiger partial charge is 0.319 e. The Balaban J connectivity index is 0.000000274. The zero-order chi connectivity index (χ0) is 43.4. The number of methoxy groups -OCH3 is 1. The lowest BCUT2D eigenvalue weighted by Crippen LogP contribution is -2.41. The molecule has 0 bridgehead atoms. The quantitative estimate of drug-likeness (QED) is 0.107. The molecule has 0 radical (unpaired) electrons. The summed E-state index contributed by atoms with van der Waals surface area (Å²) in [5.74, 6) is 3.48. The zero-order valence-corrected chi connectivity index (χ0v) is 38.0. The van der Waals surface area contributed by atoms with Crippen LogP contribution in [0.5, 0.6) is 0 Å². The number of hydrogen-bond donors (Lipinski definition) is 5. The van der Waals surface area contributed by atoms with Crippen LogP contribution in [0, 0.1) is 0 Å². The zero-order valence-electron chi connectivity index (χ0n) is 37.2. The molecule has 8 rings (SSSR count). The summed E-state index contributed by atoms with van der Waals surface area (Å²) in [5.41, 5.74) is 7.99. The normalized spacial score (nSPS) is 17.9. The summed E-state index contributed by atoms with van der Waals surface area (Å²) in [6.07, 6.45) is 1.85. The Morgan fingerprint density at radius 3 is 1.62 bits per heavy atom. The molecule has 356 valence electrons. The number of fused-ring (bicyclic) bond motifs is 2. The van der Waals surface area contributed by atoms with Crippen molar-refractivity contribution in [2.24, 2.45) is 0 Å². The molecule has 0 aliphatic carbocycles. The van der Waals surface area contributed by atoms with Crippen molar-refractivity contribution in [2.75, 3.05) is 119 Å². The average Bonchev–Trinajstić information content (AvgIpc) is 3.30. The van der Waals surface area contributed by atoms with Crippen LogP contribution in [0.3, 0.4) is 0 Å². The number of urea groups is 2. The Labute approximate surface area is 391 Å². The van der Waals surface area contributed by atoms with Crippen LogP contribution in [0.2, 0.25) is 0 Å². The lowest BCUT2D eigenvalue weighted by atomic mass is 9.98. The fourth-order valence-corrected chi connectivity index (χ4v) is 8.22. The number of aromatic nitrogens is 4. The fraction of sp³-hybridized carbons (Fsp3) is 0.532. The Morgan fingerprint density at radius 2 is 1.15 bits per heavy atom. The predicted molar refractivity (Wildman–Crippen MR) is 263 cm³/mol. The van der Waals surface area contributed by atoms with E-state index in [1.807, 2.05) is 62.4 Å². The molecule has 4 aliphatic rings. The summed E-state index contributed by atoms with van der Waals surface area (Å²) in [4.78, 5) is 50.6. The molecule has 0 spiro atoms. The van der Waals surface area contributed by atoms with Crippen molar-refractivity contribution < 1.29 is 23.8 Å². The number of nitrogens with zero attached hydrogens (tertiary/aromatic N) is 7. The second-order valence-corrected chi connectivity index (χ2v) is 15.7. The van der Waals surface area contributed by atoms with E-state index in [-0.39, 0.29) is 51.4 Å². The highest BCUT2D eigenvalue weighted by molar-refractivity contribution is 5.90. The molecule has 2 fully saturated rings. The second kappa shape index (κ2) is 25.5. The van der Waals surface area contributed by atoms with E-state index in [0.29, 0.717) is 44.6 Å². The highest BCUT2D eigenvalue weighted by atomic mass is 35.5. The molecule has 17 nitrogen and oxygen atoms in total. The number of amides is 4. The third-order valence-corrected chi connectivity index (χ3v) is 11.5. The maximum Gasteiger partial charge on any atom is 0.319 e. The van der Waals surface area contributed by atoms with Crippen LogP contribution in [0.1, 0.15) is 77.1 Å². The molecule has 65 heavy (non-hydrogen) atoms. The SMILES string of the molecule is C.C.CCNC(=O)Nc1ccc(-c2nc3c(c(N4CCOCC4)n2)CCN(CCOC)C3C)cc1.CCNC(=O)Nc1ccc(-c2nc3c(c(N4CCOCC4)n2)CCNC3C)cc1.Cl. The molecule has 2 aromatic heterocycles. The van der Waals surface area contributed by atoms with Crippen LogP contribution < -0.4 is 36.4 Å². The number of carbonyl (C=O) groups excluding carboxylic acids is 2. The molecule has 5 N–H and O–H groups in total. The standard InChI is InChI=1S/C24H34N6O3.C21H28N6O2.2CH4.ClH/c1-4-25-24(31)26-19-7-5-18(6-8-19)22-27-21-17(2)29(11-14-32-3)10-9-20(21)23(28-22)30-12-15-33-16-13-30;1-3-22-21(28)24-16-6-4-15(5-7-16)19-25-18-14(2)23-9-8-17(18)20(26-19)27-10-12-29-13-11-27;;;/h5-8,17H,4,9-16H2,1-3H3,(H2,25,26,31);4-7,14,23H,3,8-13H2,1-2H3,(H2,22,24,28);2*1H4;1H. The van der Waals surface area contributed by atoms with E-state index in [0.717, 1.165) is 117 Å². The number of nitrogens with one attached hydrogen (secondary N) is 5. The molecule has 18 heteroatoms. The molecular weight excluding hydrogens is 848 g/mol. The minimum absolute atomic E-state index is 0. The Bertz CT molecular complexity index is 2120. The number of benzene rings is 2. The van der Waals surface area contributed by atoms with Gasteiger partial charge in [0.05, 0.1) is 44.4 Å². The van der Waals surface area contributed by atoms with Crippen molar-refractivity contribution in [1.29, 1.82) is 0 Å². The number of hydrogen-bond acceptors (Lipinski definition) is 13. The summed E-state index contributed by atoms with van der Waals surface area (Å²) in [6.45, 7) is 19.0. The lowest BCUT2D eigenvalue weighted by molar-refractivity contribution is 0.116. The highest BCUT2D eigenvalue weighted by Gasteiger charge is 2.31. The van der Waals surface area contributed by atoms with Crippen LogP contribution in [-0.4, -0.2) is 136 Å². The largest absolute Gasteiger partial charge is 0.383 e. The average molecular weight is 920 g/mol. The number of morpholine rings is 2. The van der Waals surface area contributed by atoms with E-state index in [9.17, 15) is 9.59 Å². The molecule has 0 saturated carbocycles. The third kappa shape index (κ3) is 13.2. The van der Waals surface area contributed by atoms with Gasteiger partial charge in [-0.15, -0.1) is 12.4 Å². The minimum Gasteiger partial charge on any atom is -0.383 e. The van der Waals surface area contributed by atoms with Gasteiger partial charge in [0.25, 0.3) is 0 Å². The van der Waals surface area contributed by atoms with E-state index in [4.69, 9.17) is 34.1 Å². The summed E-state index contributed by atoms with van der Waals surface area (Å²) in [6, 6.07) is 15.3. The van der Waals surface area contributed by atoms with E-state index in [2.05, 4.69) is 55.1 Å². The van der Waals surface area contributed by atoms with Gasteiger partial charge in [-0.1, -0.05) is 14.9 Å². The van der Waals surface area contributed by atoms with Gasteiger partial charge in [0.15, 0.2) is 11.6 Å². The van der Waals surface area contributed by atoms with Gasteiger partial charge in [-0.2, -0.15) is 0 Å². The van der Waals surface area contributed by atoms with Crippen molar-refractivity contribution in [2.45, 2.75) is 67.5 Å². The maximum atomic E-state index is 11.8. The number of rotatable bonds is 11. The van der Waals surface area contributed by atoms with E-state index < -0.39 is 0 Å². The van der Waals surface area contributed by atoms with Crippen molar-refractivity contribution >= 4 is 47.5 Å². The highest BCUT2D eigenvalue weighted by Crippen LogP contribution is 2.36.